The first-order valence-electron chi connectivity index (χ1n) is 7.94. The van der Waals surface area contributed by atoms with E-state index in [1.807, 2.05) is 12.1 Å². The molecule has 1 aromatic carbocycles. The van der Waals surface area contributed by atoms with Gasteiger partial charge in [0.05, 0.1) is 23.3 Å². The van der Waals surface area contributed by atoms with Gasteiger partial charge in [-0.15, -0.1) is 0 Å². The molecule has 2 aromatic rings. The third-order valence-corrected chi connectivity index (χ3v) is 6.28. The summed E-state index contributed by atoms with van der Waals surface area (Å²) in [7, 11) is -3.41. The van der Waals surface area contributed by atoms with E-state index in [2.05, 4.69) is 24.0 Å². The van der Waals surface area contributed by atoms with Crippen LogP contribution in [0.25, 0.3) is 0 Å². The average Bonchev–Trinajstić information content (AvgIpc) is 3.09. The second kappa shape index (κ2) is 6.41. The molecule has 0 amide bonds. The minimum Gasteiger partial charge on any atom is -0.207 e. The standard InChI is InChI=1S/C16H22N4O2S/c1-13(2)14-3-5-16(6-4-14)23(21,22)19-11-7-15(8-12-19)20-17-9-10-18-20/h3-6,9-10,13,15H,7-8,11-12H2,1-2H3. The van der Waals surface area contributed by atoms with Crippen molar-refractivity contribution >= 4 is 10.0 Å². The predicted octanol–water partition coefficient (Wildman–Crippen LogP) is 2.43. The van der Waals surface area contributed by atoms with Gasteiger partial charge in [-0.2, -0.15) is 19.3 Å². The van der Waals surface area contributed by atoms with Gasteiger partial charge < -0.3 is 0 Å². The molecule has 1 aromatic heterocycles. The maximum Gasteiger partial charge on any atom is 0.243 e. The average molecular weight is 334 g/mol. The summed E-state index contributed by atoms with van der Waals surface area (Å²) < 4.78 is 27.1. The van der Waals surface area contributed by atoms with E-state index in [-0.39, 0.29) is 6.04 Å². The van der Waals surface area contributed by atoms with Crippen molar-refractivity contribution in [1.29, 1.82) is 0 Å². The van der Waals surface area contributed by atoms with Gasteiger partial charge in [0.15, 0.2) is 0 Å². The molecular weight excluding hydrogens is 312 g/mol. The van der Waals surface area contributed by atoms with E-state index in [9.17, 15) is 8.42 Å². The van der Waals surface area contributed by atoms with Crippen LogP contribution in [-0.2, 0) is 10.0 Å². The number of sulfonamides is 1. The summed E-state index contributed by atoms with van der Waals surface area (Å²) in [5, 5.41) is 8.30. The number of hydrogen-bond acceptors (Lipinski definition) is 4. The van der Waals surface area contributed by atoms with Crippen molar-refractivity contribution in [3.63, 3.8) is 0 Å². The van der Waals surface area contributed by atoms with Gasteiger partial charge in [-0.05, 0) is 36.5 Å². The molecule has 7 heteroatoms. The van der Waals surface area contributed by atoms with Crippen LogP contribution in [-0.4, -0.2) is 40.8 Å². The molecule has 1 saturated heterocycles. The Labute approximate surface area is 137 Å². The number of benzene rings is 1. The summed E-state index contributed by atoms with van der Waals surface area (Å²) in [6, 6.07) is 7.41. The molecule has 0 saturated carbocycles. The molecular formula is C16H22N4O2S. The summed E-state index contributed by atoms with van der Waals surface area (Å²) >= 11 is 0. The third-order valence-electron chi connectivity index (χ3n) is 4.37. The highest BCUT2D eigenvalue weighted by atomic mass is 32.2. The van der Waals surface area contributed by atoms with E-state index >= 15 is 0 Å². The van der Waals surface area contributed by atoms with Gasteiger partial charge in [-0.25, -0.2) is 8.42 Å². The Morgan fingerprint density at radius 3 is 2.13 bits per heavy atom. The highest BCUT2D eigenvalue weighted by Crippen LogP contribution is 2.26. The molecule has 124 valence electrons. The molecule has 0 atom stereocenters. The molecule has 23 heavy (non-hydrogen) atoms. The molecule has 0 N–H and O–H groups in total. The molecule has 0 spiro atoms. The monoisotopic (exact) mass is 334 g/mol. The highest BCUT2D eigenvalue weighted by molar-refractivity contribution is 7.89. The van der Waals surface area contributed by atoms with Gasteiger partial charge in [-0.1, -0.05) is 26.0 Å². The van der Waals surface area contributed by atoms with Crippen molar-refractivity contribution in [3.8, 4) is 0 Å². The minimum atomic E-state index is -3.41. The smallest absolute Gasteiger partial charge is 0.207 e. The molecule has 2 heterocycles. The highest BCUT2D eigenvalue weighted by Gasteiger charge is 2.30. The largest absolute Gasteiger partial charge is 0.243 e. The minimum absolute atomic E-state index is 0.180. The van der Waals surface area contributed by atoms with Crippen LogP contribution in [0.4, 0.5) is 0 Å². The quantitative estimate of drug-likeness (QED) is 0.861. The van der Waals surface area contributed by atoms with Crippen LogP contribution in [0, 0.1) is 0 Å². The number of rotatable bonds is 4. The summed E-state index contributed by atoms with van der Waals surface area (Å²) in [6.45, 7) is 5.19. The first kappa shape index (κ1) is 16.1. The van der Waals surface area contributed by atoms with Gasteiger partial charge in [0, 0.05) is 13.1 Å². The zero-order chi connectivity index (χ0) is 16.4. The lowest BCUT2D eigenvalue weighted by molar-refractivity contribution is 0.245. The number of nitrogens with zero attached hydrogens (tertiary/aromatic N) is 4. The molecule has 0 aliphatic carbocycles. The lowest BCUT2D eigenvalue weighted by atomic mass is 10.0. The fourth-order valence-electron chi connectivity index (χ4n) is 2.90. The van der Waals surface area contributed by atoms with Crippen LogP contribution in [0.1, 0.15) is 44.2 Å². The van der Waals surface area contributed by atoms with E-state index < -0.39 is 10.0 Å². The summed E-state index contributed by atoms with van der Waals surface area (Å²) in [6.07, 6.45) is 4.77. The third kappa shape index (κ3) is 3.30. The fourth-order valence-corrected chi connectivity index (χ4v) is 4.37. The van der Waals surface area contributed by atoms with Crippen molar-refractivity contribution in [2.75, 3.05) is 13.1 Å². The van der Waals surface area contributed by atoms with Crippen LogP contribution in [0.3, 0.4) is 0 Å². The van der Waals surface area contributed by atoms with Crippen LogP contribution < -0.4 is 0 Å². The summed E-state index contributed by atoms with van der Waals surface area (Å²) in [4.78, 5) is 2.05. The van der Waals surface area contributed by atoms with Crippen molar-refractivity contribution in [2.24, 2.45) is 0 Å². The predicted molar refractivity (Wildman–Crippen MR) is 87.6 cm³/mol. The van der Waals surface area contributed by atoms with Crippen LogP contribution >= 0.6 is 0 Å². The Morgan fingerprint density at radius 2 is 1.61 bits per heavy atom. The number of aromatic nitrogens is 3. The molecule has 0 unspecified atom stereocenters. The Balaban J connectivity index is 1.71. The van der Waals surface area contributed by atoms with Crippen molar-refractivity contribution < 1.29 is 8.42 Å². The lowest BCUT2D eigenvalue weighted by Crippen LogP contribution is -2.39. The van der Waals surface area contributed by atoms with Gasteiger partial charge in [-0.3, -0.25) is 0 Å². The molecule has 0 bridgehead atoms. The second-order valence-corrected chi connectivity index (χ2v) is 8.15. The van der Waals surface area contributed by atoms with Crippen LogP contribution in [0.2, 0.25) is 0 Å². The second-order valence-electron chi connectivity index (χ2n) is 6.21. The molecule has 0 radical (unpaired) electrons. The lowest BCUT2D eigenvalue weighted by Gasteiger charge is -2.30. The zero-order valence-electron chi connectivity index (χ0n) is 13.5. The number of piperidine rings is 1. The molecule has 1 aliphatic heterocycles. The normalized spacial score (nSPS) is 17.7. The fraction of sp³-hybridized carbons (Fsp3) is 0.500. The topological polar surface area (TPSA) is 68.1 Å². The Kier molecular flexibility index (Phi) is 4.50. The van der Waals surface area contributed by atoms with Gasteiger partial charge >= 0.3 is 0 Å². The Bertz CT molecular complexity index is 731. The summed E-state index contributed by atoms with van der Waals surface area (Å²) in [5.74, 6) is 0.393. The van der Waals surface area contributed by atoms with E-state index in [4.69, 9.17) is 0 Å². The zero-order valence-corrected chi connectivity index (χ0v) is 14.3. The first-order chi connectivity index (χ1) is 11.0. The van der Waals surface area contributed by atoms with Crippen molar-refractivity contribution in [2.45, 2.75) is 43.5 Å². The maximum absolute atomic E-state index is 12.7. The first-order valence-corrected chi connectivity index (χ1v) is 9.38. The van der Waals surface area contributed by atoms with Crippen LogP contribution in [0.5, 0.6) is 0 Å². The summed E-state index contributed by atoms with van der Waals surface area (Å²) in [5.41, 5.74) is 1.15. The van der Waals surface area contributed by atoms with Gasteiger partial charge in [0.1, 0.15) is 0 Å². The van der Waals surface area contributed by atoms with Gasteiger partial charge in [0.2, 0.25) is 10.0 Å². The van der Waals surface area contributed by atoms with E-state index in [1.54, 1.807) is 33.6 Å². The Hall–Kier alpha value is -1.73. The van der Waals surface area contributed by atoms with Crippen LogP contribution in [0.15, 0.2) is 41.6 Å². The SMILES string of the molecule is CC(C)c1ccc(S(=O)(=O)N2CCC(n3nccn3)CC2)cc1. The number of hydrogen-bond donors (Lipinski definition) is 0. The van der Waals surface area contributed by atoms with Crippen molar-refractivity contribution in [3.05, 3.63) is 42.2 Å². The van der Waals surface area contributed by atoms with E-state index in [0.717, 1.165) is 18.4 Å². The van der Waals surface area contributed by atoms with Gasteiger partial charge in [0.25, 0.3) is 0 Å². The maximum atomic E-state index is 12.7. The van der Waals surface area contributed by atoms with Crippen molar-refractivity contribution in [1.82, 2.24) is 19.3 Å². The molecule has 1 fully saturated rings. The molecule has 3 rings (SSSR count). The van der Waals surface area contributed by atoms with E-state index in [0.29, 0.717) is 23.9 Å². The molecule has 6 nitrogen and oxygen atoms in total. The van der Waals surface area contributed by atoms with E-state index in [1.165, 1.54) is 0 Å². The Morgan fingerprint density at radius 1 is 1.04 bits per heavy atom. The molecule has 1 aliphatic rings.